The molecule has 0 aliphatic carbocycles. The first-order valence-electron chi connectivity index (χ1n) is 14.7. The fourth-order valence-electron chi connectivity index (χ4n) is 5.63. The Morgan fingerprint density at radius 1 is 0.905 bits per heavy atom. The van der Waals surface area contributed by atoms with Gasteiger partial charge >= 0.3 is 0 Å². The topological polar surface area (TPSA) is 69.7 Å². The zero-order valence-corrected chi connectivity index (χ0v) is 24.6. The number of benzene rings is 4. The van der Waals surface area contributed by atoms with Crippen molar-refractivity contribution in [1.82, 2.24) is 10.2 Å². The Hall–Kier alpha value is -4.16. The van der Waals surface area contributed by atoms with Gasteiger partial charge in [-0.2, -0.15) is 0 Å². The van der Waals surface area contributed by atoms with Crippen LogP contribution in [0, 0.1) is 0 Å². The first-order valence-corrected chi connectivity index (χ1v) is 15.0. The van der Waals surface area contributed by atoms with Gasteiger partial charge in [0.15, 0.2) is 0 Å². The molecular weight excluding hydrogens is 546 g/mol. The summed E-state index contributed by atoms with van der Waals surface area (Å²) in [5, 5.41) is 5.62. The van der Waals surface area contributed by atoms with E-state index in [0.717, 1.165) is 40.4 Å². The van der Waals surface area contributed by atoms with Crippen LogP contribution in [0.3, 0.4) is 0 Å². The van der Waals surface area contributed by atoms with E-state index in [1.807, 2.05) is 84.9 Å². The average Bonchev–Trinajstić information content (AvgIpc) is 3.27. The van der Waals surface area contributed by atoms with Crippen molar-refractivity contribution in [2.75, 3.05) is 18.0 Å². The first-order chi connectivity index (χ1) is 20.5. The van der Waals surface area contributed by atoms with Gasteiger partial charge in [0, 0.05) is 48.4 Å². The van der Waals surface area contributed by atoms with Gasteiger partial charge < -0.3 is 15.1 Å². The highest BCUT2D eigenvalue weighted by atomic mass is 35.5. The van der Waals surface area contributed by atoms with E-state index in [-0.39, 0.29) is 30.7 Å². The van der Waals surface area contributed by atoms with Crippen molar-refractivity contribution in [3.05, 3.63) is 113 Å². The van der Waals surface area contributed by atoms with Gasteiger partial charge in [0.2, 0.25) is 11.8 Å². The zero-order chi connectivity index (χ0) is 29.5. The molecule has 0 fully saturated rings. The molecule has 1 aliphatic rings. The van der Waals surface area contributed by atoms with Crippen molar-refractivity contribution >= 4 is 45.8 Å². The molecule has 42 heavy (non-hydrogen) atoms. The summed E-state index contributed by atoms with van der Waals surface area (Å²) in [5.41, 5.74) is 3.41. The molecule has 4 aromatic rings. The van der Waals surface area contributed by atoms with Crippen molar-refractivity contribution in [3.8, 4) is 0 Å². The molecule has 0 unspecified atom stereocenters. The van der Waals surface area contributed by atoms with E-state index in [2.05, 4.69) is 12.2 Å². The molecule has 0 saturated carbocycles. The molecule has 5 rings (SSSR count). The Balaban J connectivity index is 1.36. The second-order valence-corrected chi connectivity index (χ2v) is 11.2. The molecule has 1 aliphatic heterocycles. The van der Waals surface area contributed by atoms with Crippen molar-refractivity contribution < 1.29 is 14.4 Å². The standard InChI is InChI=1S/C35H36ClN3O3/c1-2-3-20-37-34(41)31(23-25-11-5-4-6-12-25)39(24-26-13-7-16-28(36)22-26)32(40)19-10-21-38-30-18-9-15-27-14-8-17-29(33(27)30)35(38)42/h4-9,11-18,22,31H,2-3,10,19-21,23-24H2,1H3,(H,37,41)/t31-/m0/s1. The van der Waals surface area contributed by atoms with Gasteiger partial charge in [0.1, 0.15) is 6.04 Å². The summed E-state index contributed by atoms with van der Waals surface area (Å²) in [5.74, 6) is -0.342. The average molecular weight is 582 g/mol. The third-order valence-electron chi connectivity index (χ3n) is 7.76. The molecular formula is C35H36ClN3O3. The predicted octanol–water partition coefficient (Wildman–Crippen LogP) is 6.79. The van der Waals surface area contributed by atoms with E-state index in [1.165, 1.54) is 0 Å². The molecule has 4 aromatic carbocycles. The van der Waals surface area contributed by atoms with Gasteiger partial charge in [-0.1, -0.05) is 91.7 Å². The van der Waals surface area contributed by atoms with Crippen molar-refractivity contribution in [2.45, 2.75) is 51.6 Å². The van der Waals surface area contributed by atoms with Gasteiger partial charge in [-0.15, -0.1) is 0 Å². The normalized spacial score (nSPS) is 12.9. The van der Waals surface area contributed by atoms with Crippen LogP contribution in [-0.2, 0) is 22.6 Å². The molecule has 0 radical (unpaired) electrons. The first kappa shape index (κ1) is 29.3. The third kappa shape index (κ3) is 6.66. The second kappa shape index (κ2) is 13.7. The minimum atomic E-state index is -0.692. The highest BCUT2D eigenvalue weighted by Gasteiger charge is 2.32. The van der Waals surface area contributed by atoms with Crippen molar-refractivity contribution in [2.24, 2.45) is 0 Å². The fraction of sp³-hybridized carbons (Fsp3) is 0.286. The van der Waals surface area contributed by atoms with Crippen LogP contribution in [0.15, 0.2) is 91.0 Å². The number of carbonyl (C=O) groups excluding carboxylic acids is 3. The molecule has 3 amide bonds. The summed E-state index contributed by atoms with van der Waals surface area (Å²) in [7, 11) is 0. The van der Waals surface area contributed by atoms with Gasteiger partial charge in [-0.25, -0.2) is 0 Å². The van der Waals surface area contributed by atoms with Crippen LogP contribution in [0.5, 0.6) is 0 Å². The van der Waals surface area contributed by atoms with E-state index in [0.29, 0.717) is 36.5 Å². The lowest BCUT2D eigenvalue weighted by Gasteiger charge is -2.32. The van der Waals surface area contributed by atoms with E-state index in [9.17, 15) is 14.4 Å². The summed E-state index contributed by atoms with van der Waals surface area (Å²) in [6.45, 7) is 3.30. The molecule has 0 spiro atoms. The number of anilines is 1. The minimum Gasteiger partial charge on any atom is -0.354 e. The maximum Gasteiger partial charge on any atom is 0.258 e. The summed E-state index contributed by atoms with van der Waals surface area (Å²) in [4.78, 5) is 44.3. The smallest absolute Gasteiger partial charge is 0.258 e. The minimum absolute atomic E-state index is 0.0395. The van der Waals surface area contributed by atoms with Gasteiger partial charge in [0.25, 0.3) is 5.91 Å². The van der Waals surface area contributed by atoms with E-state index in [4.69, 9.17) is 11.6 Å². The third-order valence-corrected chi connectivity index (χ3v) is 8.00. The number of halogens is 1. The van der Waals surface area contributed by atoms with Crippen molar-refractivity contribution in [3.63, 3.8) is 0 Å². The van der Waals surface area contributed by atoms with E-state index in [1.54, 1.807) is 15.9 Å². The predicted molar refractivity (Wildman–Crippen MR) is 169 cm³/mol. The van der Waals surface area contributed by atoms with Gasteiger partial charge in [-0.05, 0) is 53.6 Å². The van der Waals surface area contributed by atoms with Crippen LogP contribution >= 0.6 is 11.6 Å². The molecule has 0 bridgehead atoms. The summed E-state index contributed by atoms with van der Waals surface area (Å²) >= 11 is 6.29. The number of hydrogen-bond donors (Lipinski definition) is 1. The SMILES string of the molecule is CCCCNC(=O)[C@H](Cc1ccccc1)N(Cc1cccc(Cl)c1)C(=O)CCCN1C(=O)c2cccc3cccc1c23. The molecule has 1 atom stereocenters. The van der Waals surface area contributed by atoms with E-state index >= 15 is 0 Å². The van der Waals surface area contributed by atoms with Gasteiger partial charge in [0.05, 0.1) is 5.69 Å². The monoisotopic (exact) mass is 581 g/mol. The lowest BCUT2D eigenvalue weighted by Crippen LogP contribution is -2.50. The van der Waals surface area contributed by atoms with Crippen LogP contribution in [-0.4, -0.2) is 41.8 Å². The van der Waals surface area contributed by atoms with Crippen LogP contribution in [0.4, 0.5) is 5.69 Å². The largest absolute Gasteiger partial charge is 0.354 e. The van der Waals surface area contributed by atoms with Crippen LogP contribution in [0.1, 0.15) is 54.1 Å². The highest BCUT2D eigenvalue weighted by molar-refractivity contribution is 6.30. The highest BCUT2D eigenvalue weighted by Crippen LogP contribution is 2.37. The number of nitrogens with zero attached hydrogens (tertiary/aromatic N) is 2. The Morgan fingerprint density at radius 2 is 1.64 bits per heavy atom. The molecule has 0 aromatic heterocycles. The van der Waals surface area contributed by atoms with Crippen molar-refractivity contribution in [1.29, 1.82) is 0 Å². The Bertz CT molecular complexity index is 1570. The number of unbranched alkanes of at least 4 members (excludes halogenated alkanes) is 1. The number of carbonyl (C=O) groups is 3. The molecule has 216 valence electrons. The Labute approximate surface area is 252 Å². The zero-order valence-electron chi connectivity index (χ0n) is 23.9. The Morgan fingerprint density at radius 3 is 2.40 bits per heavy atom. The van der Waals surface area contributed by atoms with E-state index < -0.39 is 6.04 Å². The summed E-state index contributed by atoms with van der Waals surface area (Å²) < 4.78 is 0. The van der Waals surface area contributed by atoms with Gasteiger partial charge in [-0.3, -0.25) is 14.4 Å². The van der Waals surface area contributed by atoms with Crippen LogP contribution in [0.2, 0.25) is 5.02 Å². The number of nitrogens with one attached hydrogen (secondary N) is 1. The molecule has 1 N–H and O–H groups in total. The second-order valence-electron chi connectivity index (χ2n) is 10.7. The van der Waals surface area contributed by atoms with Crippen LogP contribution < -0.4 is 10.2 Å². The van der Waals surface area contributed by atoms with Crippen LogP contribution in [0.25, 0.3) is 10.8 Å². The molecule has 6 nitrogen and oxygen atoms in total. The fourth-order valence-corrected chi connectivity index (χ4v) is 5.84. The number of amides is 3. The quantitative estimate of drug-likeness (QED) is 0.177. The lowest BCUT2D eigenvalue weighted by molar-refractivity contribution is -0.141. The maximum atomic E-state index is 14.0. The number of hydrogen-bond acceptors (Lipinski definition) is 3. The maximum absolute atomic E-state index is 14.0. The molecule has 7 heteroatoms. The number of rotatable bonds is 13. The summed E-state index contributed by atoms with van der Waals surface area (Å²) in [6, 6.07) is 28.2. The summed E-state index contributed by atoms with van der Waals surface area (Å²) in [6.07, 6.45) is 2.89. The lowest BCUT2D eigenvalue weighted by atomic mass is 10.0. The molecule has 1 heterocycles. The Kier molecular flexibility index (Phi) is 9.55. The molecule has 0 saturated heterocycles.